The SMILES string of the molecule is CCCCCCCCCCCCCCC(CCCCCCCCCCCC)C(=O)O[C@@H]1[C@@H](NC(=O)C[C@@H](CCCCCCCCCCC)OCOCC[Si](C)(C)C)[C@H](OCC[Si](C)(C)C)O[C@H](CO)[C@H]1OP(=O)(Oc1ccccc1)Oc1ccccc1. The smallest absolute Gasteiger partial charge is 0.457 e. The molecule has 1 amide bonds. The summed E-state index contributed by atoms with van der Waals surface area (Å²) in [6.45, 7) is 20.8. The first-order valence-corrected chi connectivity index (χ1v) is 44.2. The lowest BCUT2D eigenvalue weighted by Gasteiger charge is -2.46. The van der Waals surface area contributed by atoms with E-state index in [4.69, 9.17) is 37.3 Å². The summed E-state index contributed by atoms with van der Waals surface area (Å²) in [5.74, 6) is -0.835. The number of aliphatic hydroxyl groups excluding tert-OH is 1. The molecule has 0 bridgehead atoms. The number of hydrogen-bond donors (Lipinski definition) is 2. The van der Waals surface area contributed by atoms with Gasteiger partial charge in [-0.3, -0.25) is 14.1 Å². The van der Waals surface area contributed by atoms with Gasteiger partial charge >= 0.3 is 13.8 Å². The predicted molar refractivity (Wildman–Crippen MR) is 364 cm³/mol. The highest BCUT2D eigenvalue weighted by Crippen LogP contribution is 2.52. The van der Waals surface area contributed by atoms with Gasteiger partial charge in [-0.15, -0.1) is 0 Å². The van der Waals surface area contributed by atoms with Crippen molar-refractivity contribution in [1.82, 2.24) is 5.32 Å². The molecule has 87 heavy (non-hydrogen) atoms. The van der Waals surface area contributed by atoms with Gasteiger partial charge < -0.3 is 43.2 Å². The summed E-state index contributed by atoms with van der Waals surface area (Å²) in [4.78, 5) is 30.3. The molecule has 3 rings (SSSR count). The Kier molecular flexibility index (Phi) is 43.6. The Morgan fingerprint density at radius 2 is 0.954 bits per heavy atom. The van der Waals surface area contributed by atoms with Crippen molar-refractivity contribution in [3.8, 4) is 11.5 Å². The van der Waals surface area contributed by atoms with Gasteiger partial charge in [0.1, 0.15) is 36.5 Å². The number of rotatable bonds is 56. The van der Waals surface area contributed by atoms with E-state index in [9.17, 15) is 9.90 Å². The summed E-state index contributed by atoms with van der Waals surface area (Å²) in [6.07, 6.45) is 33.0. The molecule has 1 heterocycles. The molecule has 1 fully saturated rings. The number of nitrogens with one attached hydrogen (secondary N) is 1. The number of phosphoric acid groups is 1. The van der Waals surface area contributed by atoms with Crippen LogP contribution in [0.15, 0.2) is 60.7 Å². The van der Waals surface area contributed by atoms with Gasteiger partial charge in [0.05, 0.1) is 25.0 Å². The third-order valence-electron chi connectivity index (χ3n) is 16.8. The Morgan fingerprint density at radius 1 is 0.552 bits per heavy atom. The number of unbranched alkanes of at least 4 members (excludes halogenated alkanes) is 28. The third kappa shape index (κ3) is 38.8. The van der Waals surface area contributed by atoms with Crippen LogP contribution in [0.3, 0.4) is 0 Å². The fourth-order valence-electron chi connectivity index (χ4n) is 11.2. The van der Waals surface area contributed by atoms with Gasteiger partial charge in [-0.05, 0) is 55.6 Å². The minimum atomic E-state index is -4.73. The molecule has 0 aliphatic carbocycles. The highest BCUT2D eigenvalue weighted by Gasteiger charge is 2.54. The molecule has 502 valence electrons. The zero-order valence-electron chi connectivity index (χ0n) is 56.7. The Labute approximate surface area is 533 Å². The largest absolute Gasteiger partial charge is 0.588 e. The van der Waals surface area contributed by atoms with E-state index >= 15 is 9.36 Å². The fraction of sp³-hybridized carbons (Fsp3) is 0.803. The van der Waals surface area contributed by atoms with Crippen LogP contribution in [0.25, 0.3) is 0 Å². The van der Waals surface area contributed by atoms with Crippen LogP contribution in [-0.4, -0.2) is 96.5 Å². The number of ether oxygens (including phenoxy) is 5. The predicted octanol–water partition coefficient (Wildman–Crippen LogP) is 20.1. The Balaban J connectivity index is 2.06. The van der Waals surface area contributed by atoms with Crippen LogP contribution in [0.2, 0.25) is 51.4 Å². The van der Waals surface area contributed by atoms with E-state index in [0.29, 0.717) is 32.5 Å². The molecule has 7 atom stereocenters. The second-order valence-electron chi connectivity index (χ2n) is 27.5. The zero-order chi connectivity index (χ0) is 63.3. The van der Waals surface area contributed by atoms with Crippen LogP contribution in [0.5, 0.6) is 11.5 Å². The van der Waals surface area contributed by atoms with Gasteiger partial charge in [0.25, 0.3) is 0 Å². The number of esters is 1. The van der Waals surface area contributed by atoms with Gasteiger partial charge in [-0.25, -0.2) is 4.57 Å². The van der Waals surface area contributed by atoms with Gasteiger partial charge in [-0.2, -0.15) is 0 Å². The van der Waals surface area contributed by atoms with Crippen LogP contribution in [0.4, 0.5) is 0 Å². The lowest BCUT2D eigenvalue weighted by Crippen LogP contribution is -2.66. The van der Waals surface area contributed by atoms with E-state index in [2.05, 4.69) is 65.4 Å². The quantitative estimate of drug-likeness (QED) is 0.0213. The van der Waals surface area contributed by atoms with Crippen LogP contribution >= 0.6 is 7.82 Å². The van der Waals surface area contributed by atoms with Crippen molar-refractivity contribution < 1.29 is 56.5 Å². The Hall–Kier alpha value is -2.60. The number of phosphoric ester groups is 1. The number of para-hydroxylation sites is 2. The molecule has 2 aromatic carbocycles. The molecule has 0 aromatic heterocycles. The first-order valence-electron chi connectivity index (χ1n) is 35.3. The van der Waals surface area contributed by atoms with Crippen LogP contribution in [0, 0.1) is 5.92 Å². The van der Waals surface area contributed by atoms with E-state index in [1.54, 1.807) is 48.5 Å². The number of amides is 1. The molecule has 1 aliphatic heterocycles. The number of benzene rings is 2. The van der Waals surface area contributed by atoms with Gasteiger partial charge in [-0.1, -0.05) is 295 Å². The lowest BCUT2D eigenvalue weighted by molar-refractivity contribution is -0.270. The maximum atomic E-state index is 15.5. The Morgan fingerprint density at radius 3 is 1.37 bits per heavy atom. The number of carbonyl (C=O) groups excluding carboxylic acids is 2. The Bertz CT molecular complexity index is 1980. The average molecular weight is 1270 g/mol. The van der Waals surface area contributed by atoms with Gasteiger partial charge in [0.2, 0.25) is 5.91 Å². The van der Waals surface area contributed by atoms with Crippen LogP contribution in [0.1, 0.15) is 245 Å². The van der Waals surface area contributed by atoms with Crippen molar-refractivity contribution in [1.29, 1.82) is 0 Å². The maximum absolute atomic E-state index is 15.5. The van der Waals surface area contributed by atoms with Crippen molar-refractivity contribution in [3.05, 3.63) is 60.7 Å². The number of hydrogen-bond acceptors (Lipinski definition) is 12. The van der Waals surface area contributed by atoms with Gasteiger partial charge in [0.15, 0.2) is 12.4 Å². The molecule has 0 radical (unpaired) electrons. The molecular weight excluding hydrogens is 1150 g/mol. The molecule has 1 unspecified atom stereocenters. The summed E-state index contributed by atoms with van der Waals surface area (Å²) in [7, 11) is -7.75. The summed E-state index contributed by atoms with van der Waals surface area (Å²) in [5.41, 5.74) is 0. The maximum Gasteiger partial charge on any atom is 0.588 e. The molecular formula is C71H128NO12PSi2. The molecule has 2 aromatic rings. The van der Waals surface area contributed by atoms with E-state index in [-0.39, 0.29) is 30.6 Å². The van der Waals surface area contributed by atoms with Crippen molar-refractivity contribution >= 4 is 35.8 Å². The van der Waals surface area contributed by atoms with E-state index < -0.39 is 79.2 Å². The van der Waals surface area contributed by atoms with Crippen molar-refractivity contribution in [2.24, 2.45) is 5.92 Å². The molecule has 16 heteroatoms. The van der Waals surface area contributed by atoms with Crippen molar-refractivity contribution in [2.75, 3.05) is 26.6 Å². The average Bonchev–Trinajstić information content (AvgIpc) is 1.16. The van der Waals surface area contributed by atoms with Crippen molar-refractivity contribution in [3.63, 3.8) is 0 Å². The monoisotopic (exact) mass is 1270 g/mol. The second-order valence-corrected chi connectivity index (χ2v) is 40.2. The molecule has 1 aliphatic rings. The van der Waals surface area contributed by atoms with Gasteiger partial charge in [0, 0.05) is 29.4 Å². The summed E-state index contributed by atoms with van der Waals surface area (Å²) in [6, 6.07) is 17.8. The molecule has 0 spiro atoms. The fourth-order valence-corrected chi connectivity index (χ4v) is 14.1. The van der Waals surface area contributed by atoms with Crippen LogP contribution < -0.4 is 14.4 Å². The minimum Gasteiger partial charge on any atom is -0.457 e. The highest BCUT2D eigenvalue weighted by molar-refractivity contribution is 7.49. The van der Waals surface area contributed by atoms with Crippen LogP contribution in [-0.2, 0) is 42.4 Å². The minimum absolute atomic E-state index is 0.00477. The lowest BCUT2D eigenvalue weighted by atomic mass is 9.92. The molecule has 0 saturated carbocycles. The summed E-state index contributed by atoms with van der Waals surface area (Å²) >= 11 is 0. The highest BCUT2D eigenvalue weighted by atomic mass is 31.2. The van der Waals surface area contributed by atoms with E-state index in [1.807, 2.05) is 12.1 Å². The summed E-state index contributed by atoms with van der Waals surface area (Å²) < 4.78 is 67.2. The normalized spacial score (nSPS) is 18.1. The number of carbonyl (C=O) groups is 2. The number of aliphatic hydroxyl groups is 1. The summed E-state index contributed by atoms with van der Waals surface area (Å²) in [5, 5.41) is 14.6. The molecule has 13 nitrogen and oxygen atoms in total. The second kappa shape index (κ2) is 48.2. The van der Waals surface area contributed by atoms with Crippen molar-refractivity contribution in [2.45, 2.75) is 334 Å². The first kappa shape index (κ1) is 78.6. The first-order chi connectivity index (χ1) is 42.0. The molecule has 1 saturated heterocycles. The topological polar surface area (TPSA) is 157 Å². The third-order valence-corrected chi connectivity index (χ3v) is 21.6. The standard InChI is InChI=1S/C71H128NO12PSi2/c1-10-13-16-19-22-25-27-28-31-33-36-41-48-61(47-40-35-32-30-26-23-20-17-14-11-2)70(75)81-69-67(72-66(74)58-64(79-60-77-54-56-86(4,5)6)53-42-37-34-29-24-21-18-15-12-3)71(78-55-57-87(7,8)9)80-65(59-73)68(69)84-85(76,82-62-49-43-38-44-50-62)83-63-51-45-39-46-52-63/h38-39,43-46,49-52,61,64-65,67-69,71,73H,10-37,40-42,47-48,53-60H2,1-9H3,(H,72,74)/t61?,64-,65-,67-,68-,69-,71-/m1/s1. The van der Waals surface area contributed by atoms with E-state index in [1.165, 1.54) is 141 Å². The zero-order valence-corrected chi connectivity index (χ0v) is 59.6. The van der Waals surface area contributed by atoms with E-state index in [0.717, 1.165) is 69.9 Å². The molecule has 2 N–H and O–H groups in total.